The molecule has 0 saturated heterocycles. The van der Waals surface area contributed by atoms with Crippen molar-refractivity contribution in [3.8, 4) is 11.5 Å². The molecule has 0 aromatic heterocycles. The van der Waals surface area contributed by atoms with Crippen molar-refractivity contribution in [2.45, 2.75) is 19.8 Å². The number of aliphatic carboxylic acids is 1. The van der Waals surface area contributed by atoms with Gasteiger partial charge in [0.2, 0.25) is 0 Å². The number of carbonyl (C=O) groups is 2. The zero-order chi connectivity index (χ0) is 19.8. The summed E-state index contributed by atoms with van der Waals surface area (Å²) in [5.74, 6) is -0.356. The summed E-state index contributed by atoms with van der Waals surface area (Å²) in [4.78, 5) is 25.1. The van der Waals surface area contributed by atoms with Gasteiger partial charge in [-0.2, -0.15) is 0 Å². The van der Waals surface area contributed by atoms with E-state index in [0.29, 0.717) is 30.2 Å². The number of nitrogens with zero attached hydrogens (tertiary/aromatic N) is 1. The van der Waals surface area contributed by atoms with Crippen LogP contribution < -0.4 is 9.47 Å². The first-order valence-electron chi connectivity index (χ1n) is 8.84. The third-order valence-electron chi connectivity index (χ3n) is 4.10. The van der Waals surface area contributed by atoms with E-state index in [1.165, 1.54) is 5.56 Å². The van der Waals surface area contributed by atoms with Gasteiger partial charge in [0.15, 0.2) is 18.1 Å². The molecule has 0 bridgehead atoms. The molecule has 0 fully saturated rings. The fourth-order valence-corrected chi connectivity index (χ4v) is 2.77. The molecule has 0 aliphatic carbocycles. The molecular weight excluding hydrogens is 346 g/mol. The van der Waals surface area contributed by atoms with Crippen molar-refractivity contribution in [3.05, 3.63) is 59.7 Å². The first kappa shape index (κ1) is 20.3. The molecule has 0 saturated carbocycles. The minimum atomic E-state index is -1.08. The van der Waals surface area contributed by atoms with Crippen LogP contribution in [0.1, 0.15) is 35.7 Å². The summed E-state index contributed by atoms with van der Waals surface area (Å²) in [5.41, 5.74) is 1.63. The molecule has 27 heavy (non-hydrogen) atoms. The predicted molar refractivity (Wildman–Crippen MR) is 103 cm³/mol. The second-order valence-electron chi connectivity index (χ2n) is 6.27. The van der Waals surface area contributed by atoms with Gasteiger partial charge in [0.1, 0.15) is 0 Å². The van der Waals surface area contributed by atoms with Crippen molar-refractivity contribution >= 4 is 11.9 Å². The number of carboxylic acids is 1. The Kier molecular flexibility index (Phi) is 7.23. The van der Waals surface area contributed by atoms with E-state index in [2.05, 4.69) is 6.92 Å². The number of carboxylic acid groups (broad SMARTS) is 1. The van der Waals surface area contributed by atoms with E-state index in [0.717, 1.165) is 0 Å². The van der Waals surface area contributed by atoms with Crippen molar-refractivity contribution in [3.63, 3.8) is 0 Å². The van der Waals surface area contributed by atoms with Crippen molar-refractivity contribution in [1.29, 1.82) is 0 Å². The molecule has 1 atom stereocenters. The first-order valence-corrected chi connectivity index (χ1v) is 8.84. The maximum atomic E-state index is 12.8. The van der Waals surface area contributed by atoms with Gasteiger partial charge in [-0.1, -0.05) is 37.3 Å². The van der Waals surface area contributed by atoms with Gasteiger partial charge in [0.05, 0.1) is 6.61 Å². The predicted octanol–water partition coefficient (Wildman–Crippen LogP) is 3.42. The van der Waals surface area contributed by atoms with Crippen LogP contribution in [0.15, 0.2) is 48.5 Å². The first-order chi connectivity index (χ1) is 12.9. The molecule has 0 spiro atoms. The average molecular weight is 371 g/mol. The van der Waals surface area contributed by atoms with Gasteiger partial charge in [-0.05, 0) is 36.6 Å². The Morgan fingerprint density at radius 1 is 1.07 bits per heavy atom. The van der Waals surface area contributed by atoms with Gasteiger partial charge < -0.3 is 19.5 Å². The van der Waals surface area contributed by atoms with Crippen LogP contribution in [0.2, 0.25) is 0 Å². The fraction of sp³-hybridized carbons (Fsp3) is 0.333. The quantitative estimate of drug-likeness (QED) is 0.731. The summed E-state index contributed by atoms with van der Waals surface area (Å²) < 4.78 is 10.7. The summed E-state index contributed by atoms with van der Waals surface area (Å²) >= 11 is 0. The normalized spacial score (nSPS) is 11.5. The second kappa shape index (κ2) is 9.62. The van der Waals surface area contributed by atoms with Crippen LogP contribution in [0.25, 0.3) is 0 Å². The summed E-state index contributed by atoms with van der Waals surface area (Å²) in [7, 11) is 1.76. The van der Waals surface area contributed by atoms with Crippen LogP contribution in [-0.4, -0.2) is 48.7 Å². The monoisotopic (exact) mass is 371 g/mol. The van der Waals surface area contributed by atoms with Crippen LogP contribution in [0, 0.1) is 0 Å². The number of hydrogen-bond donors (Lipinski definition) is 1. The van der Waals surface area contributed by atoms with Crippen LogP contribution in [0.5, 0.6) is 11.5 Å². The molecule has 1 amide bonds. The lowest BCUT2D eigenvalue weighted by atomic mass is 10.0. The number of hydrogen-bond acceptors (Lipinski definition) is 4. The highest BCUT2D eigenvalue weighted by atomic mass is 16.5. The van der Waals surface area contributed by atoms with E-state index in [9.17, 15) is 9.59 Å². The molecule has 6 heteroatoms. The number of carbonyl (C=O) groups excluding carboxylic acids is 1. The molecule has 0 aliphatic heterocycles. The van der Waals surface area contributed by atoms with Crippen molar-refractivity contribution in [2.24, 2.45) is 0 Å². The number of ether oxygens (including phenoxy) is 2. The zero-order valence-electron chi connectivity index (χ0n) is 15.8. The number of rotatable bonds is 9. The highest BCUT2D eigenvalue weighted by molar-refractivity contribution is 5.94. The highest BCUT2D eigenvalue weighted by Crippen LogP contribution is 2.29. The largest absolute Gasteiger partial charge is 0.490 e. The maximum Gasteiger partial charge on any atom is 0.341 e. The molecule has 2 aromatic rings. The number of amides is 1. The number of benzene rings is 2. The Labute approximate surface area is 159 Å². The van der Waals surface area contributed by atoms with Crippen molar-refractivity contribution in [2.75, 3.05) is 26.8 Å². The Bertz CT molecular complexity index is 775. The Hall–Kier alpha value is -3.02. The minimum Gasteiger partial charge on any atom is -0.490 e. The third-order valence-corrected chi connectivity index (χ3v) is 4.10. The SMILES string of the molecule is CCOc1cc(C(=O)N(C)CC(C)c2ccccc2)ccc1OCC(=O)O. The number of likely N-dealkylation sites (N-methyl/N-ethyl adjacent to an activating group) is 1. The second-order valence-corrected chi connectivity index (χ2v) is 6.27. The van der Waals surface area contributed by atoms with Gasteiger partial charge in [-0.25, -0.2) is 4.79 Å². The molecule has 144 valence electrons. The molecule has 1 unspecified atom stereocenters. The van der Waals surface area contributed by atoms with E-state index in [-0.39, 0.29) is 11.8 Å². The highest BCUT2D eigenvalue weighted by Gasteiger charge is 2.18. The van der Waals surface area contributed by atoms with Gasteiger partial charge in [-0.3, -0.25) is 4.79 Å². The molecule has 1 N–H and O–H groups in total. The van der Waals surface area contributed by atoms with Crippen molar-refractivity contribution in [1.82, 2.24) is 4.90 Å². The third kappa shape index (κ3) is 5.74. The molecular formula is C21H25NO5. The van der Waals surface area contributed by atoms with Gasteiger partial charge in [0, 0.05) is 19.2 Å². The molecule has 0 aliphatic rings. The average Bonchev–Trinajstić information content (AvgIpc) is 2.67. The van der Waals surface area contributed by atoms with E-state index >= 15 is 0 Å². The summed E-state index contributed by atoms with van der Waals surface area (Å²) in [6.45, 7) is 4.37. The molecule has 2 aromatic carbocycles. The van der Waals surface area contributed by atoms with Crippen LogP contribution in [0.3, 0.4) is 0 Å². The van der Waals surface area contributed by atoms with E-state index < -0.39 is 12.6 Å². The van der Waals surface area contributed by atoms with Crippen LogP contribution in [0.4, 0.5) is 0 Å². The lowest BCUT2D eigenvalue weighted by Crippen LogP contribution is -2.30. The van der Waals surface area contributed by atoms with E-state index in [1.807, 2.05) is 37.3 Å². The van der Waals surface area contributed by atoms with Gasteiger partial charge in [-0.15, -0.1) is 0 Å². The Morgan fingerprint density at radius 2 is 1.78 bits per heavy atom. The topological polar surface area (TPSA) is 76.1 Å². The fourth-order valence-electron chi connectivity index (χ4n) is 2.77. The van der Waals surface area contributed by atoms with Crippen LogP contribution in [-0.2, 0) is 4.79 Å². The summed E-state index contributed by atoms with van der Waals surface area (Å²) in [6, 6.07) is 14.8. The van der Waals surface area contributed by atoms with E-state index in [1.54, 1.807) is 30.1 Å². The van der Waals surface area contributed by atoms with Crippen molar-refractivity contribution < 1.29 is 24.2 Å². The molecule has 2 rings (SSSR count). The molecule has 0 radical (unpaired) electrons. The standard InChI is InChI=1S/C21H25NO5/c1-4-26-19-12-17(10-11-18(19)27-14-20(23)24)21(25)22(3)13-15(2)16-8-6-5-7-9-16/h5-12,15H,4,13-14H2,1-3H3,(H,23,24). The Balaban J connectivity index is 2.12. The maximum absolute atomic E-state index is 12.8. The smallest absolute Gasteiger partial charge is 0.341 e. The summed E-state index contributed by atoms with van der Waals surface area (Å²) in [5, 5.41) is 8.76. The minimum absolute atomic E-state index is 0.136. The van der Waals surface area contributed by atoms with Gasteiger partial charge in [0.25, 0.3) is 5.91 Å². The summed E-state index contributed by atoms with van der Waals surface area (Å²) in [6.07, 6.45) is 0. The van der Waals surface area contributed by atoms with E-state index in [4.69, 9.17) is 14.6 Å². The zero-order valence-corrected chi connectivity index (χ0v) is 15.8. The lowest BCUT2D eigenvalue weighted by molar-refractivity contribution is -0.139. The Morgan fingerprint density at radius 3 is 2.41 bits per heavy atom. The van der Waals surface area contributed by atoms with Gasteiger partial charge >= 0.3 is 5.97 Å². The molecule has 0 heterocycles. The molecule has 6 nitrogen and oxygen atoms in total. The lowest BCUT2D eigenvalue weighted by Gasteiger charge is -2.22. The van der Waals surface area contributed by atoms with Crippen LogP contribution >= 0.6 is 0 Å².